The second-order valence-electron chi connectivity index (χ2n) is 6.34. The molecule has 0 aliphatic rings. The molecule has 3 unspecified atom stereocenters. The Hall–Kier alpha value is 0.230. The monoisotopic (exact) mass is 334 g/mol. The Morgan fingerprint density at radius 2 is 1.55 bits per heavy atom. The quantitative estimate of drug-likeness (QED) is 0.411. The molecule has 0 saturated carbocycles. The predicted molar refractivity (Wildman–Crippen MR) is 97.7 cm³/mol. The van der Waals surface area contributed by atoms with Gasteiger partial charge < -0.3 is 14.9 Å². The molecular formula is C18H38O3S. The van der Waals surface area contributed by atoms with Gasteiger partial charge >= 0.3 is 0 Å². The van der Waals surface area contributed by atoms with Gasteiger partial charge in [0.15, 0.2) is 0 Å². The van der Waals surface area contributed by atoms with Crippen molar-refractivity contribution in [2.45, 2.75) is 96.0 Å². The molecule has 0 heterocycles. The normalized spacial score (nSPS) is 15.7. The lowest BCUT2D eigenvalue weighted by atomic mass is 10.1. The minimum Gasteiger partial charge on any atom is -0.392 e. The van der Waals surface area contributed by atoms with Crippen LogP contribution in [-0.2, 0) is 4.74 Å². The molecule has 0 amide bonds. The number of aliphatic hydroxyl groups excluding tert-OH is 2. The second-order valence-corrected chi connectivity index (χ2v) is 7.68. The molecule has 2 N–H and O–H groups in total. The van der Waals surface area contributed by atoms with E-state index in [4.69, 9.17) is 9.84 Å². The Kier molecular flexibility index (Phi) is 16.3. The van der Waals surface area contributed by atoms with Crippen molar-refractivity contribution in [3.05, 3.63) is 0 Å². The molecule has 0 bridgehead atoms. The molecule has 3 atom stereocenters. The van der Waals surface area contributed by atoms with Crippen LogP contribution in [0.15, 0.2) is 0 Å². The Morgan fingerprint density at radius 3 is 2.14 bits per heavy atom. The van der Waals surface area contributed by atoms with Crippen molar-refractivity contribution in [2.75, 3.05) is 19.0 Å². The van der Waals surface area contributed by atoms with E-state index in [1.54, 1.807) is 6.92 Å². The Morgan fingerprint density at radius 1 is 0.909 bits per heavy atom. The van der Waals surface area contributed by atoms with Crippen LogP contribution in [0.1, 0.15) is 78.6 Å². The summed E-state index contributed by atoms with van der Waals surface area (Å²) in [5, 5.41) is 19.3. The summed E-state index contributed by atoms with van der Waals surface area (Å²) in [7, 11) is 0. The molecule has 134 valence electrons. The number of hydrogen-bond acceptors (Lipinski definition) is 4. The first-order valence-corrected chi connectivity index (χ1v) is 10.2. The maximum absolute atomic E-state index is 9.88. The smallest absolute Gasteiger partial charge is 0.0745 e. The molecule has 0 rings (SSSR count). The van der Waals surface area contributed by atoms with Crippen LogP contribution in [-0.4, -0.2) is 46.6 Å². The fraction of sp³-hybridized carbons (Fsp3) is 1.00. The summed E-state index contributed by atoms with van der Waals surface area (Å²) in [6.07, 6.45) is 10.8. The molecule has 0 aliphatic heterocycles. The zero-order valence-electron chi connectivity index (χ0n) is 14.9. The number of unbranched alkanes of at least 4 members (excludes halogenated alkanes) is 6. The van der Waals surface area contributed by atoms with Crippen LogP contribution in [0.4, 0.5) is 0 Å². The molecule has 0 spiro atoms. The summed E-state index contributed by atoms with van der Waals surface area (Å²) >= 11 is 1.87. The van der Waals surface area contributed by atoms with E-state index in [1.165, 1.54) is 44.9 Å². The molecular weight excluding hydrogens is 296 g/mol. The van der Waals surface area contributed by atoms with E-state index in [0.29, 0.717) is 18.5 Å². The first-order chi connectivity index (χ1) is 10.6. The van der Waals surface area contributed by atoms with E-state index in [0.717, 1.165) is 18.6 Å². The van der Waals surface area contributed by atoms with E-state index in [9.17, 15) is 5.11 Å². The van der Waals surface area contributed by atoms with Crippen molar-refractivity contribution >= 4 is 11.8 Å². The van der Waals surface area contributed by atoms with Crippen molar-refractivity contribution < 1.29 is 14.9 Å². The molecule has 3 nitrogen and oxygen atoms in total. The van der Waals surface area contributed by atoms with Crippen molar-refractivity contribution in [2.24, 2.45) is 0 Å². The van der Waals surface area contributed by atoms with Crippen molar-refractivity contribution in [3.63, 3.8) is 0 Å². The molecule has 0 radical (unpaired) electrons. The summed E-state index contributed by atoms with van der Waals surface area (Å²) in [5.74, 6) is 1.02. The summed E-state index contributed by atoms with van der Waals surface area (Å²) in [4.78, 5) is 0. The third-order valence-electron chi connectivity index (χ3n) is 3.75. The average Bonchev–Trinajstić information content (AvgIpc) is 2.46. The Balaban J connectivity index is 3.53. The first kappa shape index (κ1) is 22.2. The zero-order chi connectivity index (χ0) is 16.6. The van der Waals surface area contributed by atoms with Crippen LogP contribution in [0.25, 0.3) is 0 Å². The standard InChI is InChI=1S/C18H38O3S/c1-4-5-6-7-8-9-10-12-18(17(3)20)22-14-11-13-21-15-16(2)19/h16-20H,4-15H2,1-3H3. The number of aliphatic hydroxyl groups is 2. The highest BCUT2D eigenvalue weighted by molar-refractivity contribution is 7.99. The van der Waals surface area contributed by atoms with E-state index >= 15 is 0 Å². The van der Waals surface area contributed by atoms with Gasteiger partial charge in [0.1, 0.15) is 0 Å². The molecule has 0 fully saturated rings. The van der Waals surface area contributed by atoms with Gasteiger partial charge in [-0.15, -0.1) is 0 Å². The van der Waals surface area contributed by atoms with E-state index in [-0.39, 0.29) is 12.2 Å². The number of thioether (sulfide) groups is 1. The minimum absolute atomic E-state index is 0.233. The molecule has 22 heavy (non-hydrogen) atoms. The van der Waals surface area contributed by atoms with Gasteiger partial charge in [0, 0.05) is 11.9 Å². The van der Waals surface area contributed by atoms with Gasteiger partial charge in [0.05, 0.1) is 18.8 Å². The minimum atomic E-state index is -0.379. The fourth-order valence-electron chi connectivity index (χ4n) is 2.42. The van der Waals surface area contributed by atoms with Gasteiger partial charge in [-0.1, -0.05) is 51.9 Å². The Labute approximate surface area is 142 Å². The third kappa shape index (κ3) is 15.1. The SMILES string of the molecule is CCCCCCCCCC(SCCCOCC(C)O)C(C)O. The van der Waals surface area contributed by atoms with Gasteiger partial charge in [-0.25, -0.2) is 0 Å². The summed E-state index contributed by atoms with van der Waals surface area (Å²) in [5.41, 5.74) is 0. The summed E-state index contributed by atoms with van der Waals surface area (Å²) in [6.45, 7) is 7.01. The number of ether oxygens (including phenoxy) is 1. The lowest BCUT2D eigenvalue weighted by Crippen LogP contribution is -2.20. The highest BCUT2D eigenvalue weighted by atomic mass is 32.2. The van der Waals surface area contributed by atoms with Crippen LogP contribution in [0.5, 0.6) is 0 Å². The van der Waals surface area contributed by atoms with Gasteiger partial charge in [0.2, 0.25) is 0 Å². The van der Waals surface area contributed by atoms with Crippen LogP contribution in [0, 0.1) is 0 Å². The van der Waals surface area contributed by atoms with E-state index < -0.39 is 0 Å². The maximum Gasteiger partial charge on any atom is 0.0745 e. The van der Waals surface area contributed by atoms with Crippen LogP contribution < -0.4 is 0 Å². The summed E-state index contributed by atoms with van der Waals surface area (Å²) < 4.78 is 5.36. The second kappa shape index (κ2) is 16.1. The molecule has 0 aromatic rings. The van der Waals surface area contributed by atoms with E-state index in [1.807, 2.05) is 18.7 Å². The van der Waals surface area contributed by atoms with E-state index in [2.05, 4.69) is 6.92 Å². The Bertz CT molecular complexity index is 222. The lowest BCUT2D eigenvalue weighted by Gasteiger charge is -2.19. The van der Waals surface area contributed by atoms with Crippen LogP contribution >= 0.6 is 11.8 Å². The van der Waals surface area contributed by atoms with Gasteiger partial charge in [0.25, 0.3) is 0 Å². The summed E-state index contributed by atoms with van der Waals surface area (Å²) in [6, 6.07) is 0. The number of hydrogen-bond donors (Lipinski definition) is 2. The number of rotatable bonds is 16. The maximum atomic E-state index is 9.88. The van der Waals surface area contributed by atoms with Crippen LogP contribution in [0.2, 0.25) is 0 Å². The molecule has 0 aliphatic carbocycles. The third-order valence-corrected chi connectivity index (χ3v) is 5.34. The van der Waals surface area contributed by atoms with Gasteiger partial charge in [-0.05, 0) is 32.4 Å². The highest BCUT2D eigenvalue weighted by Gasteiger charge is 2.14. The molecule has 4 heteroatoms. The molecule has 0 aromatic heterocycles. The zero-order valence-corrected chi connectivity index (χ0v) is 15.7. The van der Waals surface area contributed by atoms with Crippen molar-refractivity contribution in [1.82, 2.24) is 0 Å². The lowest BCUT2D eigenvalue weighted by molar-refractivity contribution is 0.0469. The predicted octanol–water partition coefficient (Wildman–Crippen LogP) is 4.40. The van der Waals surface area contributed by atoms with Crippen LogP contribution in [0.3, 0.4) is 0 Å². The van der Waals surface area contributed by atoms with Gasteiger partial charge in [-0.2, -0.15) is 11.8 Å². The average molecular weight is 335 g/mol. The molecule has 0 aromatic carbocycles. The van der Waals surface area contributed by atoms with Crippen molar-refractivity contribution in [3.8, 4) is 0 Å². The first-order valence-electron chi connectivity index (χ1n) is 9.13. The highest BCUT2D eigenvalue weighted by Crippen LogP contribution is 2.22. The fourth-order valence-corrected chi connectivity index (χ4v) is 3.62. The van der Waals surface area contributed by atoms with Crippen molar-refractivity contribution in [1.29, 1.82) is 0 Å². The topological polar surface area (TPSA) is 49.7 Å². The largest absolute Gasteiger partial charge is 0.392 e. The van der Waals surface area contributed by atoms with Gasteiger partial charge in [-0.3, -0.25) is 0 Å². The molecule has 0 saturated heterocycles.